The van der Waals surface area contributed by atoms with Gasteiger partial charge in [-0.2, -0.15) is 0 Å². The van der Waals surface area contributed by atoms with Crippen LogP contribution in [-0.4, -0.2) is 5.11 Å². The summed E-state index contributed by atoms with van der Waals surface area (Å²) in [6.07, 6.45) is 0. The number of aliphatic hydroxyl groups excluding tert-OH is 1. The van der Waals surface area contributed by atoms with Gasteiger partial charge in [-0.15, -0.1) is 0 Å². The van der Waals surface area contributed by atoms with Crippen molar-refractivity contribution in [2.24, 2.45) is 0 Å². The summed E-state index contributed by atoms with van der Waals surface area (Å²) in [6, 6.07) is 1.39. The van der Waals surface area contributed by atoms with Gasteiger partial charge in [0.05, 0.1) is 5.56 Å². The molecule has 0 bridgehead atoms. The van der Waals surface area contributed by atoms with Crippen LogP contribution >= 0.6 is 0 Å². The molecule has 0 saturated heterocycles. The Balaban J connectivity index is 3.29. The molecule has 1 aromatic carbocycles. The minimum atomic E-state index is -1.38. The van der Waals surface area contributed by atoms with E-state index in [1.165, 1.54) is 0 Å². The van der Waals surface area contributed by atoms with Crippen molar-refractivity contribution < 1.29 is 18.3 Å². The lowest BCUT2D eigenvalue weighted by Gasteiger charge is -1.99. The maximum atomic E-state index is 12.5. The smallest absolute Gasteiger partial charge is 0.167 e. The molecule has 0 heterocycles. The first kappa shape index (κ1) is 8.07. The molecule has 0 aliphatic heterocycles. The van der Waals surface area contributed by atoms with Gasteiger partial charge >= 0.3 is 0 Å². The number of hydrogen-bond donors (Lipinski definition) is 1. The highest BCUT2D eigenvalue weighted by molar-refractivity contribution is 5.25. The maximum absolute atomic E-state index is 12.5. The van der Waals surface area contributed by atoms with E-state index in [0.29, 0.717) is 6.07 Å². The fourth-order valence-corrected chi connectivity index (χ4v) is 0.661. The number of halogens is 3. The molecule has 0 unspecified atom stereocenters. The van der Waals surface area contributed by atoms with Crippen LogP contribution in [0.3, 0.4) is 0 Å². The first-order chi connectivity index (χ1) is 5.16. The molecule has 0 atom stereocenters. The lowest BCUT2D eigenvalue weighted by atomic mass is 10.2. The molecule has 11 heavy (non-hydrogen) atoms. The zero-order valence-corrected chi connectivity index (χ0v) is 5.31. The largest absolute Gasteiger partial charge is 0.385 e. The van der Waals surface area contributed by atoms with E-state index in [0.717, 1.165) is 6.07 Å². The van der Waals surface area contributed by atoms with Crippen molar-refractivity contribution in [3.8, 4) is 0 Å². The summed E-state index contributed by atoms with van der Waals surface area (Å²) in [7, 11) is 0. The molecule has 1 radical (unpaired) electrons. The van der Waals surface area contributed by atoms with E-state index in [4.69, 9.17) is 5.11 Å². The Morgan fingerprint density at radius 3 is 2.09 bits per heavy atom. The van der Waals surface area contributed by atoms with Crippen molar-refractivity contribution in [3.05, 3.63) is 41.8 Å². The van der Waals surface area contributed by atoms with Gasteiger partial charge in [0.1, 0.15) is 12.4 Å². The zero-order chi connectivity index (χ0) is 8.43. The van der Waals surface area contributed by atoms with Crippen LogP contribution in [0.2, 0.25) is 0 Å². The predicted octanol–water partition coefficient (Wildman–Crippen LogP) is 1.99. The Hall–Kier alpha value is -1.03. The summed E-state index contributed by atoms with van der Waals surface area (Å²) in [4.78, 5) is 0. The zero-order valence-electron chi connectivity index (χ0n) is 5.31. The Bertz CT molecular complexity index is 273. The summed E-state index contributed by atoms with van der Waals surface area (Å²) in [5.74, 6) is -3.56. The fraction of sp³-hybridized carbons (Fsp3) is 0. The molecule has 0 aromatic heterocycles. The molecular formula is C7H4F3O. The Kier molecular flexibility index (Phi) is 2.14. The van der Waals surface area contributed by atoms with Crippen molar-refractivity contribution in [2.45, 2.75) is 0 Å². The normalized spacial score (nSPS) is 10.2. The fourth-order valence-electron chi connectivity index (χ4n) is 0.661. The predicted molar refractivity (Wildman–Crippen MR) is 31.7 cm³/mol. The number of benzene rings is 1. The standard InChI is InChI=1S/C7H4F3O/c8-5-1-2-6(9)7(10)4(5)3-11/h1-3,11H. The molecule has 0 amide bonds. The molecule has 1 aromatic rings. The Morgan fingerprint density at radius 1 is 1.09 bits per heavy atom. The van der Waals surface area contributed by atoms with Gasteiger partial charge in [-0.25, -0.2) is 13.2 Å². The van der Waals surface area contributed by atoms with Crippen molar-refractivity contribution >= 4 is 0 Å². The maximum Gasteiger partial charge on any atom is 0.167 e. The first-order valence-corrected chi connectivity index (χ1v) is 2.77. The van der Waals surface area contributed by atoms with Gasteiger partial charge in [0.2, 0.25) is 0 Å². The second kappa shape index (κ2) is 2.92. The van der Waals surface area contributed by atoms with E-state index in [-0.39, 0.29) is 6.61 Å². The molecule has 0 spiro atoms. The summed E-state index contributed by atoms with van der Waals surface area (Å²) < 4.78 is 37.2. The SMILES string of the molecule is O[CH]c1c(F)ccc(F)c1F. The lowest BCUT2D eigenvalue weighted by Crippen LogP contribution is -1.96. The van der Waals surface area contributed by atoms with Gasteiger partial charge in [0.15, 0.2) is 11.6 Å². The highest BCUT2D eigenvalue weighted by atomic mass is 19.2. The van der Waals surface area contributed by atoms with Crippen LogP contribution in [0, 0.1) is 24.1 Å². The summed E-state index contributed by atoms with van der Waals surface area (Å²) in [5.41, 5.74) is -0.759. The van der Waals surface area contributed by atoms with Gasteiger partial charge in [-0.05, 0) is 12.1 Å². The second-order valence-electron chi connectivity index (χ2n) is 1.89. The molecule has 4 heteroatoms. The first-order valence-electron chi connectivity index (χ1n) is 2.77. The van der Waals surface area contributed by atoms with Crippen molar-refractivity contribution in [2.75, 3.05) is 0 Å². The van der Waals surface area contributed by atoms with E-state index in [9.17, 15) is 13.2 Å². The van der Waals surface area contributed by atoms with Gasteiger partial charge in [-0.1, -0.05) is 0 Å². The minimum absolute atomic E-state index is 0.188. The quantitative estimate of drug-likeness (QED) is 0.624. The van der Waals surface area contributed by atoms with Crippen molar-refractivity contribution in [1.29, 1.82) is 0 Å². The molecule has 1 nitrogen and oxygen atoms in total. The van der Waals surface area contributed by atoms with Gasteiger partial charge in [-0.3, -0.25) is 0 Å². The molecule has 1 N–H and O–H groups in total. The average Bonchev–Trinajstić information content (AvgIpc) is 1.99. The van der Waals surface area contributed by atoms with E-state index < -0.39 is 23.0 Å². The summed E-state index contributed by atoms with van der Waals surface area (Å²) >= 11 is 0. The van der Waals surface area contributed by atoms with Crippen LogP contribution in [-0.2, 0) is 0 Å². The monoisotopic (exact) mass is 161 g/mol. The van der Waals surface area contributed by atoms with E-state index >= 15 is 0 Å². The highest BCUT2D eigenvalue weighted by Gasteiger charge is 2.12. The molecule has 1 rings (SSSR count). The number of rotatable bonds is 1. The minimum Gasteiger partial charge on any atom is -0.385 e. The Labute approximate surface area is 61.1 Å². The molecule has 59 valence electrons. The van der Waals surface area contributed by atoms with Crippen LogP contribution in [0.15, 0.2) is 12.1 Å². The molecule has 0 aliphatic carbocycles. The van der Waals surface area contributed by atoms with E-state index in [1.807, 2.05) is 0 Å². The van der Waals surface area contributed by atoms with E-state index in [2.05, 4.69) is 0 Å². The topological polar surface area (TPSA) is 20.2 Å². The van der Waals surface area contributed by atoms with Crippen molar-refractivity contribution in [1.82, 2.24) is 0 Å². The molecule has 0 aliphatic rings. The van der Waals surface area contributed by atoms with Crippen LogP contribution in [0.1, 0.15) is 5.56 Å². The van der Waals surface area contributed by atoms with Crippen LogP contribution in [0.25, 0.3) is 0 Å². The number of aliphatic hydroxyl groups is 1. The highest BCUT2D eigenvalue weighted by Crippen LogP contribution is 2.15. The van der Waals surface area contributed by atoms with Crippen LogP contribution < -0.4 is 0 Å². The van der Waals surface area contributed by atoms with E-state index in [1.54, 1.807) is 0 Å². The molecular weight excluding hydrogens is 157 g/mol. The summed E-state index contributed by atoms with van der Waals surface area (Å²) in [6.45, 7) is 0.188. The van der Waals surface area contributed by atoms with Gasteiger partial charge < -0.3 is 5.11 Å². The average molecular weight is 161 g/mol. The Morgan fingerprint density at radius 2 is 1.64 bits per heavy atom. The summed E-state index contributed by atoms with van der Waals surface area (Å²) in [5, 5.41) is 8.25. The van der Waals surface area contributed by atoms with Gasteiger partial charge in [0, 0.05) is 0 Å². The molecule has 0 saturated carbocycles. The van der Waals surface area contributed by atoms with Crippen molar-refractivity contribution in [3.63, 3.8) is 0 Å². The van der Waals surface area contributed by atoms with Crippen LogP contribution in [0.5, 0.6) is 0 Å². The van der Waals surface area contributed by atoms with Gasteiger partial charge in [0.25, 0.3) is 0 Å². The third-order valence-electron chi connectivity index (χ3n) is 1.21. The third kappa shape index (κ3) is 1.35. The lowest BCUT2D eigenvalue weighted by molar-refractivity contribution is 0.390. The third-order valence-corrected chi connectivity index (χ3v) is 1.21. The second-order valence-corrected chi connectivity index (χ2v) is 1.89. The molecule has 0 fully saturated rings. The number of hydrogen-bond acceptors (Lipinski definition) is 1. The van der Waals surface area contributed by atoms with Crippen LogP contribution in [0.4, 0.5) is 13.2 Å².